The highest BCUT2D eigenvalue weighted by Crippen LogP contribution is 2.26. The highest BCUT2D eigenvalue weighted by molar-refractivity contribution is 6.42. The molecule has 1 N–H and O–H groups in total. The molecule has 1 aliphatic rings. The number of rotatable bonds is 5. The maximum atomic E-state index is 12.5. The van der Waals surface area contributed by atoms with Gasteiger partial charge in [-0.15, -0.1) is 0 Å². The van der Waals surface area contributed by atoms with Gasteiger partial charge < -0.3 is 15.0 Å². The summed E-state index contributed by atoms with van der Waals surface area (Å²) in [5, 5.41) is 3.61. The van der Waals surface area contributed by atoms with Gasteiger partial charge in [0.1, 0.15) is 11.6 Å². The monoisotopic (exact) mass is 421 g/mol. The summed E-state index contributed by atoms with van der Waals surface area (Å²) < 4.78 is 5.51. The van der Waals surface area contributed by atoms with E-state index >= 15 is 0 Å². The molecular weight excluding hydrogens is 401 g/mol. The SMILES string of the molecule is Cc1ccc(NC(=O)C2CCCN(C(=O)COc3ccc(Cl)c(Cl)c3)C2)nc1. The second-order valence-corrected chi connectivity index (χ2v) is 7.57. The van der Waals surface area contributed by atoms with Gasteiger partial charge in [-0.25, -0.2) is 4.98 Å². The molecule has 2 amide bonds. The van der Waals surface area contributed by atoms with Crippen LogP contribution in [0.25, 0.3) is 0 Å². The Kier molecular flexibility index (Phi) is 6.75. The predicted molar refractivity (Wildman–Crippen MR) is 109 cm³/mol. The number of aryl methyl sites for hydroxylation is 1. The van der Waals surface area contributed by atoms with Gasteiger partial charge in [0.2, 0.25) is 5.91 Å². The van der Waals surface area contributed by atoms with Crippen molar-refractivity contribution in [1.82, 2.24) is 9.88 Å². The van der Waals surface area contributed by atoms with Gasteiger partial charge in [-0.2, -0.15) is 0 Å². The summed E-state index contributed by atoms with van der Waals surface area (Å²) >= 11 is 11.8. The first kappa shape index (κ1) is 20.4. The Balaban J connectivity index is 1.53. The average molecular weight is 422 g/mol. The molecule has 0 saturated carbocycles. The zero-order valence-electron chi connectivity index (χ0n) is 15.5. The smallest absolute Gasteiger partial charge is 0.260 e. The van der Waals surface area contributed by atoms with Crippen molar-refractivity contribution in [3.63, 3.8) is 0 Å². The molecule has 0 spiro atoms. The van der Waals surface area contributed by atoms with Gasteiger partial charge in [0.15, 0.2) is 6.61 Å². The molecule has 1 unspecified atom stereocenters. The third-order valence-electron chi connectivity index (χ3n) is 4.56. The van der Waals surface area contributed by atoms with Crippen LogP contribution in [0, 0.1) is 12.8 Å². The minimum Gasteiger partial charge on any atom is -0.484 e. The molecule has 2 heterocycles. The van der Waals surface area contributed by atoms with Crippen molar-refractivity contribution in [3.8, 4) is 5.75 Å². The summed E-state index contributed by atoms with van der Waals surface area (Å²) in [5.74, 6) is 0.420. The molecule has 1 aliphatic heterocycles. The van der Waals surface area contributed by atoms with E-state index in [0.717, 1.165) is 18.4 Å². The van der Waals surface area contributed by atoms with Crippen LogP contribution in [0.3, 0.4) is 0 Å². The molecular formula is C20H21Cl2N3O3. The molecule has 1 aromatic heterocycles. The highest BCUT2D eigenvalue weighted by Gasteiger charge is 2.28. The summed E-state index contributed by atoms with van der Waals surface area (Å²) in [6, 6.07) is 8.49. The van der Waals surface area contributed by atoms with Crippen molar-refractivity contribution in [2.75, 3.05) is 25.0 Å². The Bertz CT molecular complexity index is 858. The third-order valence-corrected chi connectivity index (χ3v) is 5.30. The molecule has 28 heavy (non-hydrogen) atoms. The lowest BCUT2D eigenvalue weighted by atomic mass is 9.97. The minimum atomic E-state index is -0.272. The van der Waals surface area contributed by atoms with Crippen LogP contribution in [0.15, 0.2) is 36.5 Å². The van der Waals surface area contributed by atoms with E-state index < -0.39 is 0 Å². The third kappa shape index (κ3) is 5.36. The molecule has 148 valence electrons. The molecule has 1 atom stereocenters. The molecule has 0 bridgehead atoms. The number of nitrogens with one attached hydrogen (secondary N) is 1. The lowest BCUT2D eigenvalue weighted by Crippen LogP contribution is -2.45. The quantitative estimate of drug-likeness (QED) is 0.792. The normalized spacial score (nSPS) is 16.5. The van der Waals surface area contributed by atoms with Crippen molar-refractivity contribution in [2.24, 2.45) is 5.92 Å². The average Bonchev–Trinajstić information content (AvgIpc) is 2.70. The second kappa shape index (κ2) is 9.26. The lowest BCUT2D eigenvalue weighted by molar-refractivity contribution is -0.136. The van der Waals surface area contributed by atoms with Crippen LogP contribution in [0.2, 0.25) is 10.0 Å². The first-order valence-corrected chi connectivity index (χ1v) is 9.77. The summed E-state index contributed by atoms with van der Waals surface area (Å²) in [7, 11) is 0. The topological polar surface area (TPSA) is 71.5 Å². The van der Waals surface area contributed by atoms with E-state index in [-0.39, 0.29) is 24.3 Å². The van der Waals surface area contributed by atoms with E-state index in [9.17, 15) is 9.59 Å². The molecule has 1 saturated heterocycles. The number of piperidine rings is 1. The fraction of sp³-hybridized carbons (Fsp3) is 0.350. The minimum absolute atomic E-state index is 0.119. The Morgan fingerprint density at radius 3 is 2.79 bits per heavy atom. The van der Waals surface area contributed by atoms with Crippen LogP contribution < -0.4 is 10.1 Å². The van der Waals surface area contributed by atoms with Gasteiger partial charge in [0.25, 0.3) is 5.91 Å². The van der Waals surface area contributed by atoms with Gasteiger partial charge in [0, 0.05) is 25.4 Å². The number of ether oxygens (including phenoxy) is 1. The summed E-state index contributed by atoms with van der Waals surface area (Å²) in [4.78, 5) is 30.9. The first-order chi connectivity index (χ1) is 13.4. The van der Waals surface area contributed by atoms with Gasteiger partial charge >= 0.3 is 0 Å². The number of carbonyl (C=O) groups excluding carboxylic acids is 2. The number of anilines is 1. The molecule has 0 aliphatic carbocycles. The van der Waals surface area contributed by atoms with Crippen LogP contribution in [-0.4, -0.2) is 41.4 Å². The molecule has 0 radical (unpaired) electrons. The number of hydrogen-bond donors (Lipinski definition) is 1. The van der Waals surface area contributed by atoms with Crippen LogP contribution >= 0.6 is 23.2 Å². The van der Waals surface area contributed by atoms with Crippen molar-refractivity contribution in [1.29, 1.82) is 0 Å². The summed E-state index contributed by atoms with van der Waals surface area (Å²) in [5.41, 5.74) is 1.02. The van der Waals surface area contributed by atoms with Gasteiger partial charge in [0.05, 0.1) is 16.0 Å². The van der Waals surface area contributed by atoms with E-state index in [1.54, 1.807) is 35.4 Å². The number of aromatic nitrogens is 1. The standard InChI is InChI=1S/C20H21Cl2N3O3/c1-13-4-7-18(23-10-13)24-20(27)14-3-2-8-25(11-14)19(26)12-28-15-5-6-16(21)17(22)9-15/h4-7,9-10,14H,2-3,8,11-12H2,1H3,(H,23,24,27). The number of benzene rings is 1. The zero-order valence-corrected chi connectivity index (χ0v) is 17.0. The van der Waals surface area contributed by atoms with E-state index in [1.165, 1.54) is 0 Å². The number of hydrogen-bond acceptors (Lipinski definition) is 4. The van der Waals surface area contributed by atoms with E-state index in [4.69, 9.17) is 27.9 Å². The molecule has 3 rings (SSSR count). The Labute approximate surface area is 173 Å². The van der Waals surface area contributed by atoms with Crippen LogP contribution in [0.1, 0.15) is 18.4 Å². The van der Waals surface area contributed by atoms with E-state index in [2.05, 4.69) is 10.3 Å². The van der Waals surface area contributed by atoms with Gasteiger partial charge in [-0.1, -0.05) is 29.3 Å². The Hall–Kier alpha value is -2.31. The van der Waals surface area contributed by atoms with Crippen LogP contribution in [0.4, 0.5) is 5.82 Å². The number of nitrogens with zero attached hydrogens (tertiary/aromatic N) is 2. The van der Waals surface area contributed by atoms with E-state index in [0.29, 0.717) is 34.7 Å². The van der Waals surface area contributed by atoms with Gasteiger partial charge in [-0.05, 0) is 43.5 Å². The second-order valence-electron chi connectivity index (χ2n) is 6.75. The number of carbonyl (C=O) groups is 2. The summed E-state index contributed by atoms with van der Waals surface area (Å²) in [6.07, 6.45) is 3.19. The van der Waals surface area contributed by atoms with Crippen LogP contribution in [-0.2, 0) is 9.59 Å². The number of pyridine rings is 1. The summed E-state index contributed by atoms with van der Waals surface area (Å²) in [6.45, 7) is 2.78. The number of amides is 2. The van der Waals surface area contributed by atoms with Crippen molar-refractivity contribution < 1.29 is 14.3 Å². The fourth-order valence-corrected chi connectivity index (χ4v) is 3.28. The lowest BCUT2D eigenvalue weighted by Gasteiger charge is -2.32. The largest absolute Gasteiger partial charge is 0.484 e. The molecule has 1 fully saturated rings. The first-order valence-electron chi connectivity index (χ1n) is 9.01. The van der Waals surface area contributed by atoms with Crippen LogP contribution in [0.5, 0.6) is 5.75 Å². The molecule has 1 aromatic carbocycles. The van der Waals surface area contributed by atoms with E-state index in [1.807, 2.05) is 13.0 Å². The maximum absolute atomic E-state index is 12.5. The maximum Gasteiger partial charge on any atom is 0.260 e. The van der Waals surface area contributed by atoms with Crippen molar-refractivity contribution >= 4 is 40.8 Å². The number of halogens is 2. The Morgan fingerprint density at radius 2 is 2.07 bits per heavy atom. The molecule has 2 aromatic rings. The van der Waals surface area contributed by atoms with Gasteiger partial charge in [-0.3, -0.25) is 9.59 Å². The van der Waals surface area contributed by atoms with Crippen molar-refractivity contribution in [2.45, 2.75) is 19.8 Å². The molecule has 6 nitrogen and oxygen atoms in total. The number of likely N-dealkylation sites (tertiary alicyclic amines) is 1. The highest BCUT2D eigenvalue weighted by atomic mass is 35.5. The fourth-order valence-electron chi connectivity index (χ4n) is 2.99. The Morgan fingerprint density at radius 1 is 1.25 bits per heavy atom. The zero-order chi connectivity index (χ0) is 20.1. The van der Waals surface area contributed by atoms with Crippen molar-refractivity contribution in [3.05, 3.63) is 52.1 Å². The predicted octanol–water partition coefficient (Wildman–Crippen LogP) is 3.95. The molecule has 8 heteroatoms.